The van der Waals surface area contributed by atoms with Gasteiger partial charge in [0.2, 0.25) is 11.8 Å². The zero-order valence-electron chi connectivity index (χ0n) is 56.6. The van der Waals surface area contributed by atoms with Gasteiger partial charge in [0, 0.05) is 109 Å². The number of hydroxylamine groups is 2. The third kappa shape index (κ3) is 25.9. The molecule has 8 aromatic heterocycles. The van der Waals surface area contributed by atoms with E-state index in [1.54, 1.807) is 55.6 Å². The number of hydrogen-bond acceptors (Lipinski definition) is 16. The monoisotopic (exact) mass is 1780 g/mol. The number of imide groups is 1. The van der Waals surface area contributed by atoms with Crippen molar-refractivity contribution >= 4 is 90.6 Å². The molecular formula is C86H76Ir2N11O8+. The van der Waals surface area contributed by atoms with Gasteiger partial charge in [0.25, 0.3) is 11.8 Å². The first-order valence-electron chi connectivity index (χ1n) is 33.2. The molecule has 0 unspecified atom stereocenters. The molecule has 0 bridgehead atoms. The number of amides is 4. The number of aliphatic carboxylic acids is 1. The van der Waals surface area contributed by atoms with E-state index in [-0.39, 0.29) is 105 Å². The van der Waals surface area contributed by atoms with Gasteiger partial charge in [-0.15, -0.1) is 149 Å². The number of carbonyl (C=O) groups is 6. The molecule has 15 rings (SSSR count). The number of nitrogens with one attached hydrogen (secondary N) is 2. The van der Waals surface area contributed by atoms with Crippen molar-refractivity contribution in [2.75, 3.05) is 10.6 Å². The Hall–Kier alpha value is -12.1. The van der Waals surface area contributed by atoms with Crippen LogP contribution in [0, 0.1) is 24.3 Å². The Balaban J connectivity index is 0.000000209. The molecule has 6 aromatic carbocycles. The molecule has 14 aromatic rings. The summed E-state index contributed by atoms with van der Waals surface area (Å²) in [4.78, 5) is 109. The van der Waals surface area contributed by atoms with E-state index in [9.17, 15) is 33.9 Å². The van der Waals surface area contributed by atoms with E-state index in [0.29, 0.717) is 47.6 Å². The molecule has 1 aliphatic rings. The Bertz CT molecular complexity index is 4590. The Morgan fingerprint density at radius 1 is 0.374 bits per heavy atom. The summed E-state index contributed by atoms with van der Waals surface area (Å²) in [5, 5.41) is 20.1. The number of carbonyl (C=O) groups excluding carboxylic acids is 6. The van der Waals surface area contributed by atoms with Gasteiger partial charge in [-0.05, 0) is 128 Å². The van der Waals surface area contributed by atoms with Crippen molar-refractivity contribution in [3.05, 3.63) is 304 Å². The van der Waals surface area contributed by atoms with Crippen LogP contribution in [0.5, 0.6) is 0 Å². The minimum atomic E-state index is -1.09. The normalized spacial score (nSPS) is 10.7. The van der Waals surface area contributed by atoms with Gasteiger partial charge in [0.15, 0.2) is 0 Å². The molecule has 0 radical (unpaired) electrons. The van der Waals surface area contributed by atoms with Gasteiger partial charge in [-0.2, -0.15) is 0 Å². The molecule has 1 aliphatic heterocycles. The van der Waals surface area contributed by atoms with E-state index >= 15 is 0 Å². The van der Waals surface area contributed by atoms with Crippen LogP contribution in [-0.2, 0) is 73.8 Å². The molecule has 1 fully saturated rings. The summed E-state index contributed by atoms with van der Waals surface area (Å²) >= 11 is 0. The number of pyridine rings is 8. The fourth-order valence-corrected chi connectivity index (χ4v) is 10.4. The largest absolute Gasteiger partial charge is 3.00 e. The van der Waals surface area contributed by atoms with Crippen LogP contribution >= 0.6 is 0 Å². The fraction of sp³-hybridized carbons (Fsp3) is 0.140. The second kappa shape index (κ2) is 45.2. The number of anilines is 2. The third-order valence-corrected chi connectivity index (χ3v) is 15.3. The Morgan fingerprint density at radius 2 is 0.682 bits per heavy atom. The number of rotatable bonds is 17. The van der Waals surface area contributed by atoms with Crippen LogP contribution in [0.3, 0.4) is 0 Å². The van der Waals surface area contributed by atoms with E-state index in [0.717, 1.165) is 83.1 Å². The molecule has 19 nitrogen and oxygen atoms in total. The van der Waals surface area contributed by atoms with Crippen LogP contribution in [0.15, 0.2) is 280 Å². The maximum atomic E-state index is 12.4. The first kappa shape index (κ1) is 83.8. The molecule has 0 saturated carbocycles. The Kier molecular flexibility index (Phi) is 35.4. The molecule has 0 spiro atoms. The number of benzene rings is 6. The van der Waals surface area contributed by atoms with Crippen LogP contribution < -0.4 is 15.7 Å². The van der Waals surface area contributed by atoms with Gasteiger partial charge in [0.1, 0.15) is 0 Å². The number of unbranched alkanes of at least 4 members (excludes halogenated alkanes) is 2. The zero-order valence-corrected chi connectivity index (χ0v) is 61.4. The molecule has 21 heteroatoms. The smallest absolute Gasteiger partial charge is 0.550 e. The van der Waals surface area contributed by atoms with Gasteiger partial charge < -0.3 is 45.3 Å². The maximum absolute atomic E-state index is 12.4. The van der Waals surface area contributed by atoms with Crippen LogP contribution in [0.25, 0.3) is 88.6 Å². The van der Waals surface area contributed by atoms with Crippen molar-refractivity contribution in [3.63, 3.8) is 0 Å². The van der Waals surface area contributed by atoms with Gasteiger partial charge in [-0.25, -0.2) is 4.79 Å². The number of carboxylic acids is 1. The molecule has 4 amide bonds. The third-order valence-electron chi connectivity index (χ3n) is 15.3. The number of fused-ring (bicyclic) bond motifs is 6. The Morgan fingerprint density at radius 3 is 1.00 bits per heavy atom. The summed E-state index contributed by atoms with van der Waals surface area (Å²) in [6.07, 6.45) is 16.3. The first-order valence-corrected chi connectivity index (χ1v) is 33.2. The van der Waals surface area contributed by atoms with E-state index in [2.05, 4.69) is 74.8 Å². The van der Waals surface area contributed by atoms with Crippen LogP contribution in [0.2, 0.25) is 0 Å². The quantitative estimate of drug-likeness (QED) is 0.0371. The number of carboxylic acid groups (broad SMARTS) is 1. The minimum Gasteiger partial charge on any atom is -0.550 e. The fourth-order valence-electron chi connectivity index (χ4n) is 10.4. The number of aromatic nitrogens is 8. The van der Waals surface area contributed by atoms with Crippen LogP contribution in [0.1, 0.15) is 79.1 Å². The van der Waals surface area contributed by atoms with E-state index in [1.807, 2.05) is 224 Å². The van der Waals surface area contributed by atoms with Crippen molar-refractivity contribution < 1.29 is 78.9 Å². The molecular weight excluding hydrogens is 1700 g/mol. The number of hydrogen-bond donors (Lipinski definition) is 2. The number of nitrogens with zero attached hydrogens (tertiary/aromatic N) is 9. The second-order valence-electron chi connectivity index (χ2n) is 22.7. The van der Waals surface area contributed by atoms with Gasteiger partial charge in [-0.3, -0.25) is 39.1 Å². The van der Waals surface area contributed by atoms with Crippen LogP contribution in [0.4, 0.5) is 11.4 Å². The molecule has 2 N–H and O–H groups in total. The molecule has 540 valence electrons. The minimum absolute atomic E-state index is 0. The summed E-state index contributed by atoms with van der Waals surface area (Å²) in [5.74, 6) is -3.11. The average molecular weight is 1780 g/mol. The van der Waals surface area contributed by atoms with Gasteiger partial charge >= 0.3 is 46.2 Å². The zero-order chi connectivity index (χ0) is 71.6. The molecule has 9 heterocycles. The standard InChI is InChI=1S/C22H20N4O5.C18H17N3O3.4C11H8N.2CH4.2Ir/c27-17(7-1-2-8-20(30)31-26-18(28)9-10-19(26)29)25-16-13-14-5-3-11-23-21(14)22-15(16)6-4-12-24-22;22-15(7-1-2-8-16(23)24)21-14-11-12-5-3-9-19-17(12)18-13(14)6-4-10-20-18;4*1-2-6-10(7-3-1)11-8-4-5-9-12-11;;;;/h3-6,11-13H,1-2,7-10H2,(H,25,27);3-6,9-11H,1-2,7-8H2,(H,21,22)(H,23,24);4*1-6,8-9H;2*1H4;;/q;;4*-1;;;2*+3/p-1. The topological polar surface area (TPSA) is 265 Å². The maximum Gasteiger partial charge on any atom is 3.00 e. The summed E-state index contributed by atoms with van der Waals surface area (Å²) < 4.78 is 0. The van der Waals surface area contributed by atoms with Crippen molar-refractivity contribution in [2.45, 2.75) is 79.1 Å². The van der Waals surface area contributed by atoms with E-state index in [4.69, 9.17) is 4.84 Å². The first-order chi connectivity index (χ1) is 50.5. The second-order valence-corrected chi connectivity index (χ2v) is 22.7. The molecule has 0 aliphatic carbocycles. The summed E-state index contributed by atoms with van der Waals surface area (Å²) in [7, 11) is 0. The van der Waals surface area contributed by atoms with Gasteiger partial charge in [0.05, 0.1) is 33.4 Å². The predicted molar refractivity (Wildman–Crippen MR) is 408 cm³/mol. The Labute approximate surface area is 649 Å². The van der Waals surface area contributed by atoms with Gasteiger partial charge in [-0.1, -0.05) is 75.5 Å². The van der Waals surface area contributed by atoms with Crippen molar-refractivity contribution in [2.24, 2.45) is 0 Å². The molecule has 0 atom stereocenters. The summed E-state index contributed by atoms with van der Waals surface area (Å²) in [6.45, 7) is 0. The van der Waals surface area contributed by atoms with Crippen molar-refractivity contribution in [1.29, 1.82) is 0 Å². The van der Waals surface area contributed by atoms with Crippen LogP contribution in [-0.4, -0.2) is 80.5 Å². The SMILES string of the molecule is C.C.O=C(CCCCC(=O)ON1C(=O)CCC1=O)Nc1cc2cccnc2c2ncccc12.O=C([O-])CCCCC(=O)Nc1cc2cccnc2c2ncccc12.[Ir+3].[Ir+3].[c-]1ccccc1-c1ccccn1.[c-]1ccccc1-c1ccccn1.[c-]1ccccc1-c1ccccn1.[c-]1ccccc1-c1ccccn1. The average Bonchev–Trinajstić information content (AvgIpc) is 1.22. The molecule has 1 saturated heterocycles. The van der Waals surface area contributed by atoms with Crippen molar-refractivity contribution in [1.82, 2.24) is 44.9 Å². The summed E-state index contributed by atoms with van der Waals surface area (Å²) in [5.41, 5.74) is 12.4. The molecule has 107 heavy (non-hydrogen) atoms. The van der Waals surface area contributed by atoms with E-state index < -0.39 is 23.8 Å². The van der Waals surface area contributed by atoms with E-state index in [1.165, 1.54) is 0 Å². The summed E-state index contributed by atoms with van der Waals surface area (Å²) in [6, 6.07) is 85.9. The predicted octanol–water partition coefficient (Wildman–Crippen LogP) is 16.4. The van der Waals surface area contributed by atoms with Crippen molar-refractivity contribution in [3.8, 4) is 45.0 Å².